The van der Waals surface area contributed by atoms with E-state index in [4.69, 9.17) is 25.8 Å². The second kappa shape index (κ2) is 9.13. The highest BCUT2D eigenvalue weighted by molar-refractivity contribution is 6.32. The van der Waals surface area contributed by atoms with Gasteiger partial charge in [0, 0.05) is 31.9 Å². The first kappa shape index (κ1) is 20.8. The molecule has 1 fully saturated rings. The van der Waals surface area contributed by atoms with Crippen LogP contribution in [0.3, 0.4) is 0 Å². The Balaban J connectivity index is 1.24. The number of hydrogen-bond donors (Lipinski definition) is 1. The highest BCUT2D eigenvalue weighted by Crippen LogP contribution is 2.39. The molecule has 3 amide bonds. The molecule has 0 atom stereocenters. The lowest BCUT2D eigenvalue weighted by molar-refractivity contribution is -0.135. The van der Waals surface area contributed by atoms with E-state index >= 15 is 0 Å². The third-order valence-corrected chi connectivity index (χ3v) is 5.22. The zero-order valence-corrected chi connectivity index (χ0v) is 17.3. The second-order valence-electron chi connectivity index (χ2n) is 6.93. The highest BCUT2D eigenvalue weighted by Gasteiger charge is 2.26. The van der Waals surface area contributed by atoms with Crippen molar-refractivity contribution in [3.05, 3.63) is 53.1 Å². The van der Waals surface area contributed by atoms with Crippen LogP contribution in [-0.4, -0.2) is 67.3 Å². The lowest BCUT2D eigenvalue weighted by Crippen LogP contribution is -2.52. The number of halogens is 1. The number of amides is 3. The highest BCUT2D eigenvalue weighted by atomic mass is 35.5. The van der Waals surface area contributed by atoms with Crippen molar-refractivity contribution in [1.82, 2.24) is 9.80 Å². The number of urea groups is 1. The van der Waals surface area contributed by atoms with E-state index in [0.717, 1.165) is 0 Å². The number of hydrogen-bond acceptors (Lipinski definition) is 6. The van der Waals surface area contributed by atoms with Crippen LogP contribution in [0.5, 0.6) is 11.5 Å². The minimum absolute atomic E-state index is 0.0292. The molecule has 1 N–H and O–H groups in total. The Hall–Kier alpha value is -3.46. The van der Waals surface area contributed by atoms with Crippen molar-refractivity contribution in [1.29, 1.82) is 0 Å². The maximum atomic E-state index is 12.4. The minimum atomic E-state index is -0.686. The summed E-state index contributed by atoms with van der Waals surface area (Å²) in [5.74, 6) is -0.281. The molecule has 10 heteroatoms. The summed E-state index contributed by atoms with van der Waals surface area (Å²) in [7, 11) is 0. The largest absolute Gasteiger partial charge is 0.454 e. The lowest BCUT2D eigenvalue weighted by Gasteiger charge is -2.34. The van der Waals surface area contributed by atoms with Crippen molar-refractivity contribution in [3.8, 4) is 11.5 Å². The van der Waals surface area contributed by atoms with Crippen molar-refractivity contribution in [3.63, 3.8) is 0 Å². The van der Waals surface area contributed by atoms with Gasteiger partial charge in [0.2, 0.25) is 6.79 Å². The van der Waals surface area contributed by atoms with Crippen LogP contribution in [0.4, 0.5) is 10.5 Å². The van der Waals surface area contributed by atoms with Crippen LogP contribution in [-0.2, 0) is 9.53 Å². The van der Waals surface area contributed by atoms with Gasteiger partial charge in [0.15, 0.2) is 18.1 Å². The molecule has 0 unspecified atom stereocenters. The first-order valence-electron chi connectivity index (χ1n) is 9.66. The average molecular weight is 446 g/mol. The first-order chi connectivity index (χ1) is 15.0. The van der Waals surface area contributed by atoms with Gasteiger partial charge in [0.05, 0.1) is 10.6 Å². The van der Waals surface area contributed by atoms with Crippen molar-refractivity contribution < 1.29 is 28.6 Å². The smallest absolute Gasteiger partial charge is 0.338 e. The monoisotopic (exact) mass is 445 g/mol. The number of ether oxygens (including phenoxy) is 3. The van der Waals surface area contributed by atoms with Gasteiger partial charge in [0.25, 0.3) is 5.91 Å². The molecule has 0 aromatic heterocycles. The summed E-state index contributed by atoms with van der Waals surface area (Å²) in [6.45, 7) is 1.11. The number of rotatable bonds is 4. The fraction of sp³-hybridized carbons (Fsp3) is 0.286. The predicted molar refractivity (Wildman–Crippen MR) is 111 cm³/mol. The number of carbonyl (C=O) groups is 3. The minimum Gasteiger partial charge on any atom is -0.454 e. The fourth-order valence-corrected chi connectivity index (χ4v) is 3.54. The van der Waals surface area contributed by atoms with Gasteiger partial charge in [-0.3, -0.25) is 4.79 Å². The van der Waals surface area contributed by atoms with E-state index in [1.54, 1.807) is 21.9 Å². The van der Waals surface area contributed by atoms with E-state index in [0.29, 0.717) is 43.4 Å². The van der Waals surface area contributed by atoms with Crippen LogP contribution in [0.25, 0.3) is 0 Å². The summed E-state index contributed by atoms with van der Waals surface area (Å²) in [6.07, 6.45) is 0. The molecule has 2 aromatic rings. The summed E-state index contributed by atoms with van der Waals surface area (Å²) in [6, 6.07) is 11.8. The van der Waals surface area contributed by atoms with Crippen LogP contribution in [0.1, 0.15) is 10.4 Å². The Bertz CT molecular complexity index is 992. The van der Waals surface area contributed by atoms with Crippen LogP contribution in [0.2, 0.25) is 5.02 Å². The summed E-state index contributed by atoms with van der Waals surface area (Å²) in [5, 5.41) is 3.05. The Morgan fingerprint density at radius 3 is 2.45 bits per heavy atom. The Kier molecular flexibility index (Phi) is 6.13. The maximum absolute atomic E-state index is 12.4. The summed E-state index contributed by atoms with van der Waals surface area (Å²) >= 11 is 6.07. The molecule has 1 saturated heterocycles. The molecule has 4 rings (SSSR count). The number of nitrogens with one attached hydrogen (secondary N) is 1. The van der Waals surface area contributed by atoms with E-state index in [9.17, 15) is 14.4 Å². The zero-order valence-electron chi connectivity index (χ0n) is 16.5. The first-order valence-corrected chi connectivity index (χ1v) is 10.0. The van der Waals surface area contributed by atoms with Crippen LogP contribution < -0.4 is 14.8 Å². The lowest BCUT2D eigenvalue weighted by atomic mass is 10.2. The molecule has 0 spiro atoms. The fourth-order valence-electron chi connectivity index (χ4n) is 3.27. The van der Waals surface area contributed by atoms with Gasteiger partial charge in [-0.05, 0) is 24.3 Å². The third kappa shape index (κ3) is 4.83. The number of piperazine rings is 1. The number of fused-ring (bicyclic) bond motifs is 1. The van der Waals surface area contributed by atoms with Gasteiger partial charge in [-0.15, -0.1) is 0 Å². The van der Waals surface area contributed by atoms with E-state index in [-0.39, 0.29) is 29.3 Å². The molecule has 0 bridgehead atoms. The Morgan fingerprint density at radius 2 is 1.71 bits per heavy atom. The Labute approximate surface area is 183 Å². The van der Waals surface area contributed by atoms with Gasteiger partial charge in [0.1, 0.15) is 0 Å². The molecule has 162 valence electrons. The predicted octanol–water partition coefficient (Wildman–Crippen LogP) is 2.60. The van der Waals surface area contributed by atoms with Crippen LogP contribution in [0, 0.1) is 0 Å². The molecule has 0 saturated carbocycles. The quantitative estimate of drug-likeness (QED) is 0.726. The zero-order chi connectivity index (χ0) is 21.8. The number of esters is 1. The molecule has 2 aliphatic rings. The molecule has 2 aliphatic heterocycles. The summed E-state index contributed by atoms with van der Waals surface area (Å²) in [5.41, 5.74) is 0.881. The molecule has 0 aliphatic carbocycles. The van der Waals surface area contributed by atoms with Crippen molar-refractivity contribution in [2.75, 3.05) is 44.9 Å². The van der Waals surface area contributed by atoms with Gasteiger partial charge < -0.3 is 29.3 Å². The van der Waals surface area contributed by atoms with E-state index < -0.39 is 12.6 Å². The summed E-state index contributed by atoms with van der Waals surface area (Å²) < 4.78 is 15.6. The Morgan fingerprint density at radius 1 is 1.00 bits per heavy atom. The standard InChI is InChI=1S/C21H20ClN3O6/c22-16-10-14(11-17-19(16)31-13-30-17)20(27)29-12-18(26)24-6-8-25(9-7-24)21(28)23-15-4-2-1-3-5-15/h1-5,10-11H,6-9,12-13H2,(H,23,28). The van der Waals surface area contributed by atoms with Crippen LogP contribution in [0.15, 0.2) is 42.5 Å². The van der Waals surface area contributed by atoms with Gasteiger partial charge in [-0.25, -0.2) is 9.59 Å². The topological polar surface area (TPSA) is 97.4 Å². The molecule has 0 radical (unpaired) electrons. The summed E-state index contributed by atoms with van der Waals surface area (Å²) in [4.78, 5) is 40.2. The molecular weight excluding hydrogens is 426 g/mol. The number of carbonyl (C=O) groups excluding carboxylic acids is 3. The molecule has 2 heterocycles. The van der Waals surface area contributed by atoms with Crippen LogP contribution >= 0.6 is 11.6 Å². The number of nitrogens with zero attached hydrogens (tertiary/aromatic N) is 2. The maximum Gasteiger partial charge on any atom is 0.338 e. The molecule has 2 aromatic carbocycles. The molecule has 9 nitrogen and oxygen atoms in total. The molecular formula is C21H20ClN3O6. The van der Waals surface area contributed by atoms with E-state index in [2.05, 4.69) is 5.32 Å². The average Bonchev–Trinajstić information content (AvgIpc) is 3.27. The third-order valence-electron chi connectivity index (χ3n) is 4.93. The van der Waals surface area contributed by atoms with E-state index in [1.165, 1.54) is 12.1 Å². The van der Waals surface area contributed by atoms with Crippen molar-refractivity contribution in [2.24, 2.45) is 0 Å². The second-order valence-corrected chi connectivity index (χ2v) is 7.34. The molecule has 31 heavy (non-hydrogen) atoms. The number of para-hydroxylation sites is 1. The normalized spacial score (nSPS) is 14.9. The van der Waals surface area contributed by atoms with Gasteiger partial charge >= 0.3 is 12.0 Å². The van der Waals surface area contributed by atoms with Gasteiger partial charge in [-0.2, -0.15) is 0 Å². The van der Waals surface area contributed by atoms with Crippen molar-refractivity contribution >= 4 is 35.2 Å². The van der Waals surface area contributed by atoms with Gasteiger partial charge in [-0.1, -0.05) is 29.8 Å². The van der Waals surface area contributed by atoms with E-state index in [1.807, 2.05) is 18.2 Å². The number of anilines is 1. The SMILES string of the molecule is O=C(OCC(=O)N1CCN(C(=O)Nc2ccccc2)CC1)c1cc(Cl)c2c(c1)OCO2. The number of benzene rings is 2. The van der Waals surface area contributed by atoms with Crippen molar-refractivity contribution in [2.45, 2.75) is 0 Å².